The van der Waals surface area contributed by atoms with Gasteiger partial charge in [-0.2, -0.15) is 8.62 Å². The van der Waals surface area contributed by atoms with Crippen molar-refractivity contribution in [3.8, 4) is 0 Å². The van der Waals surface area contributed by atoms with Gasteiger partial charge in [-0.3, -0.25) is 9.05 Å². The normalized spacial score (nSPS) is 33.7. The molecule has 0 aromatic carbocycles. The number of azide groups is 1. The first kappa shape index (κ1) is 22.7. The Labute approximate surface area is 140 Å². The second-order valence-corrected chi connectivity index (χ2v) is 9.35. The third-order valence-corrected chi connectivity index (χ3v) is 7.07. The van der Waals surface area contributed by atoms with Crippen LogP contribution in [0.15, 0.2) is 5.11 Å². The molecule has 1 aliphatic heterocycles. The van der Waals surface area contributed by atoms with Crippen molar-refractivity contribution >= 4 is 23.5 Å². The number of rotatable bonds is 9. The van der Waals surface area contributed by atoms with Crippen molar-refractivity contribution in [2.24, 2.45) is 5.11 Å². The summed E-state index contributed by atoms with van der Waals surface area (Å²) in [6.07, 6.45) is -3.32. The topological polar surface area (TPSA) is 227 Å². The molecule has 0 aromatic heterocycles. The summed E-state index contributed by atoms with van der Waals surface area (Å²) in [5, 5.41) is 13.2. The van der Waals surface area contributed by atoms with Crippen LogP contribution >= 0.6 is 23.5 Å². The summed E-state index contributed by atoms with van der Waals surface area (Å²) in [4.78, 5) is 29.9. The van der Waals surface area contributed by atoms with Crippen LogP contribution in [0.4, 0.5) is 0 Å². The smallest absolute Gasteiger partial charge is 0.390 e. The van der Waals surface area contributed by atoms with E-state index >= 15 is 0 Å². The lowest BCUT2D eigenvalue weighted by Gasteiger charge is -2.19. The Kier molecular flexibility index (Phi) is 7.76. The molecule has 7 atom stereocenters. The molecule has 0 aliphatic carbocycles. The minimum absolute atomic E-state index is 0.677. The molecule has 0 amide bonds. The van der Waals surface area contributed by atoms with E-state index in [0.717, 1.165) is 0 Å². The van der Waals surface area contributed by atoms with Gasteiger partial charge >= 0.3 is 23.5 Å². The summed E-state index contributed by atoms with van der Waals surface area (Å²) in [6, 6.07) is -0.980. The number of aliphatic hydroxyl groups excluding tert-OH is 1. The molecule has 15 nitrogen and oxygen atoms in total. The maximum Gasteiger partial charge on any atom is 0.490 e. The summed E-state index contributed by atoms with van der Waals surface area (Å²) >= 11 is 0. The molecule has 1 fully saturated rings. The SMILES string of the molecule is COP(=O)(O)OP(=O)(O)OP(=O)(O)OC[C@H]1O[C@@H](C)[C@@H](N=[N+]=[N-])C1O. The van der Waals surface area contributed by atoms with Crippen LogP contribution in [0.5, 0.6) is 0 Å². The number of phosphoric acid groups is 3. The number of hydrogen-bond donors (Lipinski definition) is 4. The zero-order valence-electron chi connectivity index (χ0n) is 12.8. The van der Waals surface area contributed by atoms with Gasteiger partial charge in [0.25, 0.3) is 0 Å². The summed E-state index contributed by atoms with van der Waals surface area (Å²) < 4.78 is 55.0. The summed E-state index contributed by atoms with van der Waals surface area (Å²) in [7, 11) is -15.1. The molecule has 1 rings (SSSR count). The average molecular weight is 427 g/mol. The van der Waals surface area contributed by atoms with Gasteiger partial charge in [-0.1, -0.05) is 5.11 Å². The predicted octanol–water partition coefficient (Wildman–Crippen LogP) is 0.811. The van der Waals surface area contributed by atoms with Crippen LogP contribution in [0.1, 0.15) is 6.92 Å². The van der Waals surface area contributed by atoms with Crippen molar-refractivity contribution in [1.29, 1.82) is 0 Å². The molecule has 1 saturated heterocycles. The Morgan fingerprint density at radius 3 is 2.24 bits per heavy atom. The Bertz CT molecular complexity index is 666. The molecule has 18 heteroatoms. The quantitative estimate of drug-likeness (QED) is 0.173. The van der Waals surface area contributed by atoms with E-state index in [1.54, 1.807) is 0 Å². The van der Waals surface area contributed by atoms with Gasteiger partial charge in [0.2, 0.25) is 0 Å². The molecule has 0 bridgehead atoms. The van der Waals surface area contributed by atoms with Gasteiger partial charge < -0.3 is 24.5 Å². The minimum atomic E-state index is -5.51. The van der Waals surface area contributed by atoms with Crippen molar-refractivity contribution in [3.05, 3.63) is 10.4 Å². The van der Waals surface area contributed by atoms with Crippen LogP contribution in [0.25, 0.3) is 10.4 Å². The number of aliphatic hydroxyl groups is 1. The van der Waals surface area contributed by atoms with Crippen LogP contribution in [-0.2, 0) is 36.1 Å². The Morgan fingerprint density at radius 2 is 1.72 bits per heavy atom. The zero-order chi connectivity index (χ0) is 19.5. The first-order valence-electron chi connectivity index (χ1n) is 6.31. The third kappa shape index (κ3) is 7.05. The molecule has 146 valence electrons. The number of nitrogens with zero attached hydrogens (tertiary/aromatic N) is 3. The first-order valence-corrected chi connectivity index (χ1v) is 10.8. The van der Waals surface area contributed by atoms with Crippen molar-refractivity contribution in [2.45, 2.75) is 31.3 Å². The van der Waals surface area contributed by atoms with Gasteiger partial charge in [-0.15, -0.1) is 0 Å². The van der Waals surface area contributed by atoms with E-state index in [9.17, 15) is 23.7 Å². The number of hydrogen-bond acceptors (Lipinski definition) is 10. The molecule has 1 heterocycles. The fourth-order valence-corrected chi connectivity index (χ4v) is 5.06. The van der Waals surface area contributed by atoms with Crippen molar-refractivity contribution in [2.75, 3.05) is 13.7 Å². The second kappa shape index (κ2) is 8.55. The highest BCUT2D eigenvalue weighted by Crippen LogP contribution is 2.67. The highest BCUT2D eigenvalue weighted by atomic mass is 31.3. The summed E-state index contributed by atoms with van der Waals surface area (Å²) in [5.74, 6) is 0. The van der Waals surface area contributed by atoms with E-state index in [2.05, 4.69) is 27.7 Å². The van der Waals surface area contributed by atoms with Gasteiger partial charge in [0, 0.05) is 12.0 Å². The average Bonchev–Trinajstić information content (AvgIpc) is 2.71. The first-order chi connectivity index (χ1) is 11.3. The fourth-order valence-electron chi connectivity index (χ4n) is 1.79. The molecule has 0 aromatic rings. The van der Waals surface area contributed by atoms with Gasteiger partial charge in [-0.25, -0.2) is 13.7 Å². The van der Waals surface area contributed by atoms with E-state index in [1.165, 1.54) is 6.92 Å². The third-order valence-electron chi connectivity index (χ3n) is 2.83. The van der Waals surface area contributed by atoms with Gasteiger partial charge in [0.05, 0.1) is 24.9 Å². The maximum absolute atomic E-state index is 11.6. The highest BCUT2D eigenvalue weighted by molar-refractivity contribution is 7.66. The number of ether oxygens (including phenoxy) is 1. The summed E-state index contributed by atoms with van der Waals surface area (Å²) in [5.41, 5.74) is 8.38. The van der Waals surface area contributed by atoms with E-state index < -0.39 is 54.4 Å². The van der Waals surface area contributed by atoms with Gasteiger partial charge in [0.1, 0.15) is 6.10 Å². The van der Waals surface area contributed by atoms with Crippen molar-refractivity contribution in [1.82, 2.24) is 0 Å². The van der Waals surface area contributed by atoms with E-state index in [-0.39, 0.29) is 0 Å². The van der Waals surface area contributed by atoms with Gasteiger partial charge in [-0.05, 0) is 12.5 Å². The predicted molar refractivity (Wildman–Crippen MR) is 77.9 cm³/mol. The lowest BCUT2D eigenvalue weighted by molar-refractivity contribution is -0.0167. The summed E-state index contributed by atoms with van der Waals surface area (Å²) in [6.45, 7) is 0.675. The molecule has 4 unspecified atom stereocenters. The molecule has 0 saturated carbocycles. The molecule has 0 radical (unpaired) electrons. The Balaban J connectivity index is 2.67. The highest BCUT2D eigenvalue weighted by Gasteiger charge is 2.45. The molecule has 1 aliphatic rings. The van der Waals surface area contributed by atoms with Gasteiger partial charge in [0.15, 0.2) is 0 Å². The maximum atomic E-state index is 11.6. The lowest BCUT2D eigenvalue weighted by atomic mass is 10.1. The Morgan fingerprint density at radius 1 is 1.16 bits per heavy atom. The van der Waals surface area contributed by atoms with Crippen LogP contribution in [0.3, 0.4) is 0 Å². The standard InChI is InChI=1S/C7H16N3O12P3/c1-4-6(9-10-8)7(11)5(20-4)3-19-24(14,15)22-25(16,17)21-23(12,13)18-2/h4-7,11H,3H2,1-2H3,(H,12,13)(H,14,15)(H,16,17)/t4-,5+,6+,7?/m0/s1. The lowest BCUT2D eigenvalue weighted by Crippen LogP contribution is -2.32. The fraction of sp³-hybridized carbons (Fsp3) is 1.00. The van der Waals surface area contributed by atoms with Crippen LogP contribution in [0, 0.1) is 0 Å². The monoisotopic (exact) mass is 427 g/mol. The van der Waals surface area contributed by atoms with Crippen molar-refractivity contribution < 1.29 is 55.9 Å². The molecule has 25 heavy (non-hydrogen) atoms. The molecule has 0 spiro atoms. The molecular weight excluding hydrogens is 411 g/mol. The van der Waals surface area contributed by atoms with E-state index in [4.69, 9.17) is 20.1 Å². The van der Waals surface area contributed by atoms with E-state index in [1.807, 2.05) is 0 Å². The van der Waals surface area contributed by atoms with Crippen LogP contribution in [0.2, 0.25) is 0 Å². The minimum Gasteiger partial charge on any atom is -0.390 e. The molecule has 4 N–H and O–H groups in total. The Hall–Kier alpha value is -0.360. The zero-order valence-corrected chi connectivity index (χ0v) is 15.4. The van der Waals surface area contributed by atoms with E-state index in [0.29, 0.717) is 7.11 Å². The second-order valence-electron chi connectivity index (χ2n) is 4.61. The van der Waals surface area contributed by atoms with Crippen LogP contribution < -0.4 is 0 Å². The van der Waals surface area contributed by atoms with Crippen molar-refractivity contribution in [3.63, 3.8) is 0 Å². The number of phosphoric ester groups is 2. The van der Waals surface area contributed by atoms with Crippen LogP contribution in [-0.4, -0.2) is 57.9 Å². The largest absolute Gasteiger partial charge is 0.490 e. The molecular formula is C7H16N3O12P3.